The van der Waals surface area contributed by atoms with Gasteiger partial charge in [-0.2, -0.15) is 0 Å². The van der Waals surface area contributed by atoms with Crippen molar-refractivity contribution in [2.75, 3.05) is 12.3 Å². The van der Waals surface area contributed by atoms with Crippen molar-refractivity contribution in [1.29, 1.82) is 0 Å². The van der Waals surface area contributed by atoms with E-state index in [0.717, 1.165) is 12.2 Å². The summed E-state index contributed by atoms with van der Waals surface area (Å²) in [4.78, 5) is 12.9. The Morgan fingerprint density at radius 3 is 2.70 bits per heavy atom. The van der Waals surface area contributed by atoms with E-state index in [1.165, 1.54) is 24.2 Å². The van der Waals surface area contributed by atoms with Crippen molar-refractivity contribution < 1.29 is 4.79 Å². The molecule has 0 saturated heterocycles. The fraction of sp³-hybridized carbons (Fsp3) is 0.562. The molecular weight excluding hydrogens is 268 g/mol. The Hall–Kier alpha value is -1.16. The van der Waals surface area contributed by atoms with Crippen molar-refractivity contribution in [2.45, 2.75) is 50.5 Å². The summed E-state index contributed by atoms with van der Waals surface area (Å²) in [5.74, 6) is 0.891. The number of rotatable bonds is 9. The lowest BCUT2D eigenvalue weighted by Gasteiger charge is -2.14. The molecule has 1 aromatic carbocycles. The summed E-state index contributed by atoms with van der Waals surface area (Å²) in [6, 6.07) is 10.4. The number of benzene rings is 1. The summed E-state index contributed by atoms with van der Waals surface area (Å²) in [5, 5.41) is 5.88. The van der Waals surface area contributed by atoms with E-state index in [4.69, 9.17) is 0 Å². The summed E-state index contributed by atoms with van der Waals surface area (Å²) in [6.07, 6.45) is 4.69. The molecule has 20 heavy (non-hydrogen) atoms. The third-order valence-corrected chi connectivity index (χ3v) is 4.03. The molecule has 112 valence electrons. The largest absolute Gasteiger partial charge is 0.337 e. The van der Waals surface area contributed by atoms with E-state index in [9.17, 15) is 4.79 Å². The molecule has 2 N–H and O–H groups in total. The van der Waals surface area contributed by atoms with Crippen LogP contribution in [0, 0.1) is 0 Å². The second kappa shape index (κ2) is 10.6. The van der Waals surface area contributed by atoms with Gasteiger partial charge in [0, 0.05) is 23.2 Å². The molecule has 3 nitrogen and oxygen atoms in total. The van der Waals surface area contributed by atoms with Crippen LogP contribution in [0.15, 0.2) is 35.2 Å². The highest BCUT2D eigenvalue weighted by Gasteiger charge is 2.05. The molecule has 0 unspecified atom stereocenters. The molecule has 1 aromatic rings. The van der Waals surface area contributed by atoms with Crippen LogP contribution in [0.25, 0.3) is 0 Å². The number of amides is 2. The van der Waals surface area contributed by atoms with Crippen molar-refractivity contribution in [3.05, 3.63) is 30.3 Å². The van der Waals surface area contributed by atoms with E-state index in [1.807, 2.05) is 18.2 Å². The standard InChI is InChI=1S/C16H26N2OS/c1-3-4-6-9-14(2)18-16(19)17-12-13-20-15-10-7-5-8-11-15/h5,7-8,10-11,14H,3-4,6,9,12-13H2,1-2H3,(H2,17,18,19)/t14-/m0/s1. The van der Waals surface area contributed by atoms with Crippen molar-refractivity contribution in [3.63, 3.8) is 0 Å². The van der Waals surface area contributed by atoms with Crippen molar-refractivity contribution in [1.82, 2.24) is 10.6 Å². The van der Waals surface area contributed by atoms with Gasteiger partial charge in [-0.3, -0.25) is 0 Å². The van der Waals surface area contributed by atoms with Gasteiger partial charge in [-0.05, 0) is 25.5 Å². The minimum atomic E-state index is -0.0531. The molecule has 0 saturated carbocycles. The van der Waals surface area contributed by atoms with Crippen LogP contribution in [-0.4, -0.2) is 24.4 Å². The average molecular weight is 294 g/mol. The highest BCUT2D eigenvalue weighted by Crippen LogP contribution is 2.15. The maximum absolute atomic E-state index is 11.7. The molecule has 0 aliphatic carbocycles. The Kier molecular flexibility index (Phi) is 8.96. The lowest BCUT2D eigenvalue weighted by Crippen LogP contribution is -2.41. The van der Waals surface area contributed by atoms with Crippen LogP contribution in [0.3, 0.4) is 0 Å². The van der Waals surface area contributed by atoms with Gasteiger partial charge in [-0.1, -0.05) is 44.4 Å². The molecule has 4 heteroatoms. The lowest BCUT2D eigenvalue weighted by molar-refractivity contribution is 0.237. The minimum Gasteiger partial charge on any atom is -0.337 e. The topological polar surface area (TPSA) is 41.1 Å². The summed E-state index contributed by atoms with van der Waals surface area (Å²) in [5.41, 5.74) is 0. The van der Waals surface area contributed by atoms with Gasteiger partial charge in [-0.25, -0.2) is 4.79 Å². The minimum absolute atomic E-state index is 0.0531. The summed E-state index contributed by atoms with van der Waals surface area (Å²) >= 11 is 1.76. The van der Waals surface area contributed by atoms with E-state index in [1.54, 1.807) is 11.8 Å². The van der Waals surface area contributed by atoms with Crippen LogP contribution < -0.4 is 10.6 Å². The fourth-order valence-corrected chi connectivity index (χ4v) is 2.69. The first kappa shape index (κ1) is 16.9. The number of carbonyl (C=O) groups is 1. The molecule has 1 rings (SSSR count). The molecule has 0 radical (unpaired) electrons. The number of hydrogen-bond acceptors (Lipinski definition) is 2. The number of carbonyl (C=O) groups excluding carboxylic acids is 1. The van der Waals surface area contributed by atoms with Gasteiger partial charge in [0.1, 0.15) is 0 Å². The molecule has 0 fully saturated rings. The molecule has 0 aliphatic heterocycles. The van der Waals surface area contributed by atoms with Crippen LogP contribution in [-0.2, 0) is 0 Å². The van der Waals surface area contributed by atoms with Gasteiger partial charge >= 0.3 is 6.03 Å². The van der Waals surface area contributed by atoms with Gasteiger partial charge in [0.25, 0.3) is 0 Å². The zero-order valence-electron chi connectivity index (χ0n) is 12.5. The van der Waals surface area contributed by atoms with E-state index in [-0.39, 0.29) is 12.1 Å². The van der Waals surface area contributed by atoms with E-state index >= 15 is 0 Å². The van der Waals surface area contributed by atoms with Crippen LogP contribution >= 0.6 is 11.8 Å². The molecule has 0 spiro atoms. The smallest absolute Gasteiger partial charge is 0.315 e. The third-order valence-electron chi connectivity index (χ3n) is 3.02. The number of unbranched alkanes of at least 4 members (excludes halogenated alkanes) is 2. The Balaban J connectivity index is 2.05. The first-order valence-corrected chi connectivity index (χ1v) is 8.43. The molecule has 0 bridgehead atoms. The third kappa shape index (κ3) is 8.10. The number of nitrogens with one attached hydrogen (secondary N) is 2. The summed E-state index contributed by atoms with van der Waals surface area (Å²) < 4.78 is 0. The van der Waals surface area contributed by atoms with Gasteiger partial charge < -0.3 is 10.6 Å². The van der Waals surface area contributed by atoms with E-state index in [0.29, 0.717) is 6.54 Å². The molecule has 2 amide bonds. The normalized spacial score (nSPS) is 11.9. The SMILES string of the molecule is CCCCC[C@H](C)NC(=O)NCCSc1ccccc1. The number of hydrogen-bond donors (Lipinski definition) is 2. The quantitative estimate of drug-likeness (QED) is 0.533. The second-order valence-electron chi connectivity index (χ2n) is 4.96. The maximum atomic E-state index is 11.7. The zero-order chi connectivity index (χ0) is 14.6. The number of thioether (sulfide) groups is 1. The Morgan fingerprint density at radius 1 is 1.25 bits per heavy atom. The van der Waals surface area contributed by atoms with Crippen LogP contribution in [0.4, 0.5) is 4.79 Å². The fourth-order valence-electron chi connectivity index (χ4n) is 1.90. The van der Waals surface area contributed by atoms with Crippen LogP contribution in [0.1, 0.15) is 39.5 Å². The predicted octanol–water partition coefficient (Wildman–Crippen LogP) is 4.05. The van der Waals surface area contributed by atoms with Gasteiger partial charge in [0.2, 0.25) is 0 Å². The highest BCUT2D eigenvalue weighted by atomic mass is 32.2. The van der Waals surface area contributed by atoms with Crippen LogP contribution in [0.5, 0.6) is 0 Å². The second-order valence-corrected chi connectivity index (χ2v) is 6.13. The molecule has 0 aliphatic rings. The van der Waals surface area contributed by atoms with Crippen LogP contribution in [0.2, 0.25) is 0 Å². The number of urea groups is 1. The van der Waals surface area contributed by atoms with Crippen molar-refractivity contribution in [2.24, 2.45) is 0 Å². The predicted molar refractivity (Wildman–Crippen MR) is 87.3 cm³/mol. The first-order valence-electron chi connectivity index (χ1n) is 7.44. The molecule has 0 heterocycles. The van der Waals surface area contributed by atoms with Gasteiger partial charge in [-0.15, -0.1) is 11.8 Å². The molecule has 0 aromatic heterocycles. The maximum Gasteiger partial charge on any atom is 0.315 e. The lowest BCUT2D eigenvalue weighted by atomic mass is 10.1. The Morgan fingerprint density at radius 2 is 2.00 bits per heavy atom. The van der Waals surface area contributed by atoms with E-state index in [2.05, 4.69) is 36.6 Å². The average Bonchev–Trinajstić information content (AvgIpc) is 2.45. The van der Waals surface area contributed by atoms with Crippen molar-refractivity contribution in [3.8, 4) is 0 Å². The molecular formula is C16H26N2OS. The first-order chi connectivity index (χ1) is 9.72. The molecule has 1 atom stereocenters. The Bertz CT molecular complexity index is 370. The van der Waals surface area contributed by atoms with Crippen molar-refractivity contribution >= 4 is 17.8 Å². The Labute approximate surface area is 126 Å². The van der Waals surface area contributed by atoms with E-state index < -0.39 is 0 Å². The monoisotopic (exact) mass is 294 g/mol. The van der Waals surface area contributed by atoms with Gasteiger partial charge in [0.05, 0.1) is 0 Å². The summed E-state index contributed by atoms with van der Waals surface area (Å²) in [7, 11) is 0. The summed E-state index contributed by atoms with van der Waals surface area (Å²) in [6.45, 7) is 4.94. The van der Waals surface area contributed by atoms with Gasteiger partial charge in [0.15, 0.2) is 0 Å². The highest BCUT2D eigenvalue weighted by molar-refractivity contribution is 7.99. The zero-order valence-corrected chi connectivity index (χ0v) is 13.3.